The van der Waals surface area contributed by atoms with E-state index in [9.17, 15) is 13.2 Å². The molecule has 6 nitrogen and oxygen atoms in total. The Morgan fingerprint density at radius 3 is 2.88 bits per heavy atom. The molecule has 1 aromatic carbocycles. The summed E-state index contributed by atoms with van der Waals surface area (Å²) in [6.07, 6.45) is 3.40. The van der Waals surface area contributed by atoms with Crippen LogP contribution in [-0.4, -0.2) is 61.4 Å². The first-order valence-electron chi connectivity index (χ1n) is 8.76. The molecule has 0 bridgehead atoms. The molecule has 25 heavy (non-hydrogen) atoms. The maximum Gasteiger partial charge on any atom is 0.236 e. The summed E-state index contributed by atoms with van der Waals surface area (Å²) in [6.45, 7) is 3.39. The van der Waals surface area contributed by atoms with Crippen LogP contribution in [0.5, 0.6) is 0 Å². The molecule has 1 aromatic heterocycles. The molecular formula is C18H25N3O3S. The second kappa shape index (κ2) is 7.58. The van der Waals surface area contributed by atoms with Gasteiger partial charge in [0, 0.05) is 29.7 Å². The second-order valence-corrected chi connectivity index (χ2v) is 8.75. The molecule has 1 amide bonds. The Hall–Kier alpha value is -1.86. The van der Waals surface area contributed by atoms with Crippen LogP contribution in [0.4, 0.5) is 0 Å². The van der Waals surface area contributed by atoms with Gasteiger partial charge in [0.2, 0.25) is 5.91 Å². The summed E-state index contributed by atoms with van der Waals surface area (Å²) in [4.78, 5) is 17.4. The van der Waals surface area contributed by atoms with E-state index in [0.29, 0.717) is 19.5 Å². The number of amides is 1. The zero-order chi connectivity index (χ0) is 17.9. The monoisotopic (exact) mass is 363 g/mol. The number of nitrogens with zero attached hydrogens (tertiary/aromatic N) is 1. The number of rotatable bonds is 7. The first-order valence-corrected chi connectivity index (χ1v) is 10.6. The van der Waals surface area contributed by atoms with E-state index in [1.165, 1.54) is 10.9 Å². The van der Waals surface area contributed by atoms with Crippen molar-refractivity contribution in [2.75, 3.05) is 31.1 Å². The Bertz CT molecular complexity index is 844. The number of likely N-dealkylation sites (N-methyl/N-ethyl adjacent to an activating group) is 1. The quantitative estimate of drug-likeness (QED) is 0.727. The molecule has 3 rings (SSSR count). The summed E-state index contributed by atoms with van der Waals surface area (Å²) in [5, 5.41) is 4.40. The average molecular weight is 363 g/mol. The lowest BCUT2D eigenvalue weighted by molar-refractivity contribution is -0.131. The number of sulfone groups is 1. The molecule has 7 heteroatoms. The molecule has 1 aliphatic rings. The average Bonchev–Trinajstić information content (AvgIpc) is 3.16. The molecule has 0 aliphatic carbocycles. The Labute approximate surface area is 148 Å². The van der Waals surface area contributed by atoms with Crippen LogP contribution in [0.15, 0.2) is 30.5 Å². The minimum atomic E-state index is -2.98. The van der Waals surface area contributed by atoms with Crippen LogP contribution in [-0.2, 0) is 21.1 Å². The summed E-state index contributed by atoms with van der Waals surface area (Å²) < 4.78 is 23.3. The number of carbonyl (C=O) groups excluding carboxylic acids is 1. The van der Waals surface area contributed by atoms with Gasteiger partial charge >= 0.3 is 0 Å². The van der Waals surface area contributed by atoms with Crippen molar-refractivity contribution in [3.8, 4) is 0 Å². The zero-order valence-corrected chi connectivity index (χ0v) is 15.3. The number of H-pyrrole nitrogens is 1. The Balaban J connectivity index is 1.48. The van der Waals surface area contributed by atoms with Gasteiger partial charge in [-0.15, -0.1) is 0 Å². The molecule has 1 unspecified atom stereocenters. The van der Waals surface area contributed by atoms with E-state index in [1.807, 2.05) is 31.3 Å². The van der Waals surface area contributed by atoms with Crippen molar-refractivity contribution in [2.45, 2.75) is 25.8 Å². The predicted octanol–water partition coefficient (Wildman–Crippen LogP) is 1.34. The Morgan fingerprint density at radius 1 is 1.36 bits per heavy atom. The van der Waals surface area contributed by atoms with Crippen molar-refractivity contribution < 1.29 is 13.2 Å². The molecule has 2 aromatic rings. The SMILES string of the molecule is CCN(C(=O)CNCCc1c[nH]c2ccccc12)C1CCS(=O)(=O)C1. The number of carbonyl (C=O) groups is 1. The molecule has 0 spiro atoms. The molecule has 2 N–H and O–H groups in total. The van der Waals surface area contributed by atoms with Gasteiger partial charge in [0.15, 0.2) is 9.84 Å². The summed E-state index contributed by atoms with van der Waals surface area (Å²) in [6, 6.07) is 7.99. The Kier molecular flexibility index (Phi) is 5.44. The fourth-order valence-electron chi connectivity index (χ4n) is 3.52. The molecule has 2 heterocycles. The highest BCUT2D eigenvalue weighted by atomic mass is 32.2. The van der Waals surface area contributed by atoms with E-state index >= 15 is 0 Å². The fraction of sp³-hybridized carbons (Fsp3) is 0.500. The number of fused-ring (bicyclic) bond motifs is 1. The van der Waals surface area contributed by atoms with Crippen molar-refractivity contribution in [1.82, 2.24) is 15.2 Å². The van der Waals surface area contributed by atoms with Crippen LogP contribution in [0.25, 0.3) is 10.9 Å². The van der Waals surface area contributed by atoms with Gasteiger partial charge in [0.25, 0.3) is 0 Å². The van der Waals surface area contributed by atoms with Gasteiger partial charge in [0.1, 0.15) is 0 Å². The molecular weight excluding hydrogens is 338 g/mol. The van der Waals surface area contributed by atoms with Crippen molar-refractivity contribution in [1.29, 1.82) is 0 Å². The van der Waals surface area contributed by atoms with Crippen molar-refractivity contribution >= 4 is 26.6 Å². The van der Waals surface area contributed by atoms with Gasteiger partial charge < -0.3 is 15.2 Å². The van der Waals surface area contributed by atoms with Crippen LogP contribution in [0, 0.1) is 0 Å². The number of nitrogens with one attached hydrogen (secondary N) is 2. The van der Waals surface area contributed by atoms with Gasteiger partial charge in [-0.3, -0.25) is 4.79 Å². The van der Waals surface area contributed by atoms with E-state index in [4.69, 9.17) is 0 Å². The van der Waals surface area contributed by atoms with Gasteiger partial charge in [0.05, 0.1) is 18.1 Å². The van der Waals surface area contributed by atoms with Crippen LogP contribution >= 0.6 is 0 Å². The predicted molar refractivity (Wildman–Crippen MR) is 99.3 cm³/mol. The van der Waals surface area contributed by atoms with E-state index < -0.39 is 9.84 Å². The van der Waals surface area contributed by atoms with E-state index in [0.717, 1.165) is 11.9 Å². The van der Waals surface area contributed by atoms with Crippen molar-refractivity contribution in [3.05, 3.63) is 36.0 Å². The number of aromatic amines is 1. The molecule has 0 radical (unpaired) electrons. The van der Waals surface area contributed by atoms with Crippen LogP contribution in [0.1, 0.15) is 18.9 Å². The largest absolute Gasteiger partial charge is 0.361 e. The number of benzene rings is 1. The zero-order valence-electron chi connectivity index (χ0n) is 14.5. The highest BCUT2D eigenvalue weighted by molar-refractivity contribution is 7.91. The van der Waals surface area contributed by atoms with E-state index in [2.05, 4.69) is 16.4 Å². The van der Waals surface area contributed by atoms with Crippen molar-refractivity contribution in [3.63, 3.8) is 0 Å². The first kappa shape index (κ1) is 17.9. The normalized spacial score (nSPS) is 19.3. The Morgan fingerprint density at radius 2 is 2.16 bits per heavy atom. The van der Waals surface area contributed by atoms with Gasteiger partial charge in [-0.2, -0.15) is 0 Å². The maximum atomic E-state index is 12.4. The lowest BCUT2D eigenvalue weighted by atomic mass is 10.1. The molecule has 1 fully saturated rings. The number of hydrogen-bond donors (Lipinski definition) is 2. The number of hydrogen-bond acceptors (Lipinski definition) is 4. The maximum absolute atomic E-state index is 12.4. The standard InChI is InChI=1S/C18H25N3O3S/c1-2-21(15-8-10-25(23,24)13-15)18(22)12-19-9-7-14-11-20-17-6-4-3-5-16(14)17/h3-6,11,15,19-20H,2,7-10,12-13H2,1H3. The van der Waals surface area contributed by atoms with E-state index in [1.54, 1.807) is 4.90 Å². The van der Waals surface area contributed by atoms with Crippen LogP contribution < -0.4 is 5.32 Å². The third-order valence-electron chi connectivity index (χ3n) is 4.83. The van der Waals surface area contributed by atoms with Gasteiger partial charge in [-0.25, -0.2) is 8.42 Å². The third kappa shape index (κ3) is 4.22. The van der Waals surface area contributed by atoms with Crippen LogP contribution in [0.3, 0.4) is 0 Å². The minimum Gasteiger partial charge on any atom is -0.361 e. The van der Waals surface area contributed by atoms with Gasteiger partial charge in [-0.1, -0.05) is 18.2 Å². The summed E-state index contributed by atoms with van der Waals surface area (Å²) in [5.74, 6) is 0.265. The highest BCUT2D eigenvalue weighted by Gasteiger charge is 2.33. The molecule has 1 atom stereocenters. The molecule has 1 aliphatic heterocycles. The second-order valence-electron chi connectivity index (χ2n) is 6.52. The number of para-hydroxylation sites is 1. The fourth-order valence-corrected chi connectivity index (χ4v) is 5.25. The van der Waals surface area contributed by atoms with E-state index in [-0.39, 0.29) is 30.0 Å². The highest BCUT2D eigenvalue weighted by Crippen LogP contribution is 2.18. The van der Waals surface area contributed by atoms with Crippen molar-refractivity contribution in [2.24, 2.45) is 0 Å². The smallest absolute Gasteiger partial charge is 0.236 e. The first-order chi connectivity index (χ1) is 12.0. The number of aromatic nitrogens is 1. The molecule has 136 valence electrons. The summed E-state index contributed by atoms with van der Waals surface area (Å²) in [5.41, 5.74) is 2.35. The summed E-state index contributed by atoms with van der Waals surface area (Å²) in [7, 11) is -2.98. The summed E-state index contributed by atoms with van der Waals surface area (Å²) >= 11 is 0. The lowest BCUT2D eigenvalue weighted by Gasteiger charge is -2.27. The molecule has 0 saturated carbocycles. The third-order valence-corrected chi connectivity index (χ3v) is 6.58. The molecule has 1 saturated heterocycles. The topological polar surface area (TPSA) is 82.3 Å². The minimum absolute atomic E-state index is 0.0245. The van der Waals surface area contributed by atoms with Gasteiger partial charge in [-0.05, 0) is 37.9 Å². The van der Waals surface area contributed by atoms with Crippen LogP contribution in [0.2, 0.25) is 0 Å². The lowest BCUT2D eigenvalue weighted by Crippen LogP contribution is -2.45.